The van der Waals surface area contributed by atoms with Gasteiger partial charge in [0.05, 0.1) is 12.1 Å². The van der Waals surface area contributed by atoms with Crippen LogP contribution in [0.25, 0.3) is 21.5 Å². The van der Waals surface area contributed by atoms with Crippen LogP contribution in [0.5, 0.6) is 0 Å². The number of para-hydroxylation sites is 2. The molecule has 2 aliphatic rings. The minimum absolute atomic E-state index is 0. The van der Waals surface area contributed by atoms with Crippen LogP contribution in [0.4, 0.5) is 23.1 Å². The molecule has 0 spiro atoms. The van der Waals surface area contributed by atoms with Crippen LogP contribution in [0.15, 0.2) is 104 Å². The molecule has 18 heteroatoms. The predicted octanol–water partition coefficient (Wildman–Crippen LogP) is 13.1. The van der Waals surface area contributed by atoms with Crippen molar-refractivity contribution in [3.8, 4) is 0 Å². The van der Waals surface area contributed by atoms with Crippen molar-refractivity contribution in [3.63, 3.8) is 0 Å². The van der Waals surface area contributed by atoms with Gasteiger partial charge < -0.3 is 40.5 Å². The average molecular weight is 1050 g/mol. The molecule has 0 aliphatic heterocycles. The number of benzene rings is 2. The minimum atomic E-state index is -0.635. The second-order valence-corrected chi connectivity index (χ2v) is 13.9. The quantitative estimate of drug-likeness (QED) is 0.0492. The first-order valence-electron chi connectivity index (χ1n) is 18.4. The Balaban J connectivity index is 0.000000429. The van der Waals surface area contributed by atoms with E-state index in [2.05, 4.69) is 125 Å². The fraction of sp³-hybridized carbons (Fsp3) is 0.182. The standard InChI is InChI=1S/2C12H9N4O3S.2C10H14.2Ru/c2*17-16(18)11-7-6-10(19-11)8-13-15-12(20)14-9-4-2-1-3-5-9;2*1-8(2)10-6-4-9(3)5-7-10;;/h2*1-8H,(H-,14,15,20);2*4-8H,1-3H3;;/q2*-1;;;2*+2/p-2/b2*13-8+;;;;. The first kappa shape index (κ1) is 55.8. The second kappa shape index (κ2) is 30.8. The van der Waals surface area contributed by atoms with Gasteiger partial charge in [-0.2, -0.15) is 10.2 Å². The van der Waals surface area contributed by atoms with Crippen molar-refractivity contribution >= 4 is 70.2 Å². The average Bonchev–Trinajstić information content (AvgIpc) is 3.91. The van der Waals surface area contributed by atoms with Crippen LogP contribution in [0, 0.1) is 107 Å². The van der Waals surface area contributed by atoms with E-state index in [-0.39, 0.29) is 72.5 Å². The van der Waals surface area contributed by atoms with Crippen molar-refractivity contribution in [1.82, 2.24) is 0 Å². The van der Waals surface area contributed by atoms with Gasteiger partial charge in [0.1, 0.15) is 9.85 Å². The second-order valence-electron chi connectivity index (χ2n) is 13.1. The molecule has 0 bridgehead atoms. The topological polar surface area (TPSA) is 194 Å². The van der Waals surface area contributed by atoms with Gasteiger partial charge in [0.2, 0.25) is 0 Å². The molecule has 0 amide bonds. The summed E-state index contributed by atoms with van der Waals surface area (Å²) >= 11 is 9.82. The van der Waals surface area contributed by atoms with Gasteiger partial charge in [-0.1, -0.05) is 102 Å². The summed E-state index contributed by atoms with van der Waals surface area (Å²) < 4.78 is 9.73. The van der Waals surface area contributed by atoms with E-state index in [0.717, 1.165) is 0 Å². The van der Waals surface area contributed by atoms with E-state index in [0.29, 0.717) is 23.2 Å². The minimum Gasteiger partial charge on any atom is -0.667 e. The SMILES string of the molecule is C[C]1[CH][CH][C](C(C)C)[CH][CH]1.C[C]1[CH][CH][C](C(C)C)[CH][CH]1.O=[N+]([O-])c1ccc(/C=N/[N-]C(=S)[N-]c2ccccc2)o1.O=[N+]([O-])c1ccc(/C=N/[N-]C(=S)[N-]c2ccccc2)o1.[Ru+2].[Ru+2]. The molecule has 0 unspecified atom stereocenters. The van der Waals surface area contributed by atoms with E-state index in [9.17, 15) is 20.2 Å². The zero-order chi connectivity index (χ0) is 43.9. The number of rotatable bonds is 10. The van der Waals surface area contributed by atoms with Crippen molar-refractivity contribution < 1.29 is 57.6 Å². The summed E-state index contributed by atoms with van der Waals surface area (Å²) in [6, 6.07) is 23.4. The Hall–Kier alpha value is -4.23. The third-order valence-electron chi connectivity index (χ3n) is 7.69. The maximum atomic E-state index is 10.4. The van der Waals surface area contributed by atoms with Crippen molar-refractivity contribution in [3.05, 3.63) is 213 Å². The molecule has 2 aromatic heterocycles. The number of hydrogen-bond acceptors (Lipinski definition) is 10. The molecule has 2 aromatic carbocycles. The van der Waals surface area contributed by atoms with E-state index >= 15 is 0 Å². The molecule has 6 rings (SSSR count). The zero-order valence-corrected chi connectivity index (χ0v) is 39.7. The van der Waals surface area contributed by atoms with Crippen LogP contribution in [-0.2, 0) is 39.0 Å². The smallest absolute Gasteiger partial charge is 0.667 e. The van der Waals surface area contributed by atoms with Crippen molar-refractivity contribution in [2.24, 2.45) is 22.0 Å². The molecule has 62 heavy (non-hydrogen) atoms. The maximum absolute atomic E-state index is 10.4. The Kier molecular flexibility index (Phi) is 27.7. The Bertz CT molecular complexity index is 1810. The summed E-state index contributed by atoms with van der Waals surface area (Å²) in [6.07, 6.45) is 19.9. The molecular weight excluding hydrogens is 1000 g/mol. The van der Waals surface area contributed by atoms with E-state index in [1.165, 1.54) is 60.4 Å². The third-order valence-corrected chi connectivity index (χ3v) is 8.04. The fourth-order valence-corrected chi connectivity index (χ4v) is 4.77. The summed E-state index contributed by atoms with van der Waals surface area (Å²) in [4.78, 5) is 19.5. The van der Waals surface area contributed by atoms with E-state index in [1.54, 1.807) is 24.3 Å². The Morgan fingerprint density at radius 3 is 1.16 bits per heavy atom. The van der Waals surface area contributed by atoms with Gasteiger partial charge in [-0.05, 0) is 99.0 Å². The van der Waals surface area contributed by atoms with Gasteiger partial charge in [-0.15, -0.1) is 35.8 Å². The number of furan rings is 2. The van der Waals surface area contributed by atoms with Gasteiger partial charge in [0.15, 0.2) is 11.5 Å². The van der Waals surface area contributed by atoms with Crippen LogP contribution in [0.2, 0.25) is 0 Å². The molecule has 2 saturated carbocycles. The molecule has 2 aliphatic carbocycles. The molecule has 0 N–H and O–H groups in total. The van der Waals surface area contributed by atoms with Gasteiger partial charge >= 0.3 is 50.7 Å². The van der Waals surface area contributed by atoms with E-state index in [1.807, 2.05) is 36.4 Å². The Morgan fingerprint density at radius 1 is 0.565 bits per heavy atom. The largest absolute Gasteiger partial charge is 2.00 e. The van der Waals surface area contributed by atoms with E-state index < -0.39 is 9.85 Å². The van der Waals surface area contributed by atoms with Crippen LogP contribution in [0.3, 0.4) is 0 Å². The maximum Gasteiger partial charge on any atom is 2.00 e. The van der Waals surface area contributed by atoms with E-state index in [4.69, 9.17) is 33.3 Å². The number of hydrogen-bond donors (Lipinski definition) is 0. The molecule has 324 valence electrons. The molecule has 12 radical (unpaired) electrons. The predicted molar refractivity (Wildman–Crippen MR) is 245 cm³/mol. The van der Waals surface area contributed by atoms with Crippen LogP contribution in [-0.4, -0.2) is 32.5 Å². The monoisotopic (exact) mass is 1050 g/mol. The molecule has 0 saturated heterocycles. The first-order chi connectivity index (χ1) is 28.7. The molecule has 0 atom stereocenters. The van der Waals surface area contributed by atoms with Crippen LogP contribution < -0.4 is 0 Å². The first-order valence-corrected chi connectivity index (χ1v) is 19.2. The van der Waals surface area contributed by atoms with Gasteiger partial charge in [0, 0.05) is 12.4 Å². The summed E-state index contributed by atoms with van der Waals surface area (Å²) in [5.41, 5.74) is 8.69. The van der Waals surface area contributed by atoms with Crippen LogP contribution >= 0.6 is 24.4 Å². The van der Waals surface area contributed by atoms with Crippen molar-refractivity contribution in [2.75, 3.05) is 0 Å². The third kappa shape index (κ3) is 22.7. The molecule has 2 heterocycles. The zero-order valence-electron chi connectivity index (χ0n) is 34.6. The van der Waals surface area contributed by atoms with Crippen molar-refractivity contribution in [1.29, 1.82) is 0 Å². The van der Waals surface area contributed by atoms with Gasteiger partial charge in [-0.25, -0.2) is 0 Å². The normalized spacial score (nSPS) is 14.5. The molecule has 2 fully saturated rings. The Morgan fingerprint density at radius 2 is 0.887 bits per heavy atom. The molecular formula is C44H44N8O6Ru2S2. The summed E-state index contributed by atoms with van der Waals surface area (Å²) in [5, 5.41) is 36.3. The Labute approximate surface area is 402 Å². The van der Waals surface area contributed by atoms with Crippen LogP contribution in [0.1, 0.15) is 53.1 Å². The summed E-state index contributed by atoms with van der Waals surface area (Å²) in [7, 11) is 0. The number of thiocarbonyl (C=S) groups is 2. The summed E-state index contributed by atoms with van der Waals surface area (Å²) in [5.74, 6) is 6.53. The van der Waals surface area contributed by atoms with Crippen molar-refractivity contribution in [2.45, 2.75) is 41.5 Å². The molecule has 4 aromatic rings. The van der Waals surface area contributed by atoms with Gasteiger partial charge in [0.25, 0.3) is 0 Å². The fourth-order valence-electron chi connectivity index (χ4n) is 4.46. The summed E-state index contributed by atoms with van der Waals surface area (Å²) in [6.45, 7) is 13.1. The number of nitrogens with zero attached hydrogens (tertiary/aromatic N) is 8. The molecule has 14 nitrogen and oxygen atoms in total. The van der Waals surface area contributed by atoms with Gasteiger partial charge in [-0.3, -0.25) is 20.2 Å². The number of nitro groups is 2.